The van der Waals surface area contributed by atoms with Crippen LogP contribution in [-0.2, 0) is 42.7 Å². The van der Waals surface area contributed by atoms with E-state index in [1.54, 1.807) is 19.9 Å². The Kier molecular flexibility index (Phi) is 15.7. The van der Waals surface area contributed by atoms with Crippen LogP contribution in [0.1, 0.15) is 107 Å². The number of carbonyl (C=O) groups excluding carboxylic acids is 1. The van der Waals surface area contributed by atoms with Crippen LogP contribution in [0.5, 0.6) is 0 Å². The van der Waals surface area contributed by atoms with Crippen molar-refractivity contribution in [3.05, 3.63) is 23.3 Å². The Morgan fingerprint density at radius 2 is 1.38 bits per heavy atom. The van der Waals surface area contributed by atoms with E-state index in [-0.39, 0.29) is 17.3 Å². The lowest BCUT2D eigenvalue weighted by atomic mass is 9.32. The van der Waals surface area contributed by atoms with E-state index in [1.165, 1.54) is 0 Å². The first kappa shape index (κ1) is 56.9. The highest BCUT2D eigenvalue weighted by Gasteiger charge is 2.75. The molecule has 5 aliphatic carbocycles. The van der Waals surface area contributed by atoms with Crippen LogP contribution < -0.4 is 0 Å². The monoisotopic (exact) mass is 1040 g/mol. The first-order valence-corrected chi connectivity index (χ1v) is 26.0. The van der Waals surface area contributed by atoms with E-state index in [9.17, 15) is 70.9 Å². The number of rotatable bonds is 11. The highest BCUT2D eigenvalue weighted by atomic mass is 16.8. The summed E-state index contributed by atoms with van der Waals surface area (Å²) in [5.74, 6) is -2.76. The van der Waals surface area contributed by atoms with Crippen LogP contribution in [0.15, 0.2) is 23.3 Å². The number of carbonyl (C=O) groups is 2. The van der Waals surface area contributed by atoms with Crippen molar-refractivity contribution < 1.29 is 104 Å². The van der Waals surface area contributed by atoms with Crippen molar-refractivity contribution in [2.24, 2.45) is 50.2 Å². The van der Waals surface area contributed by atoms with Gasteiger partial charge in [0.15, 0.2) is 25.0 Å². The van der Waals surface area contributed by atoms with Gasteiger partial charge in [0.2, 0.25) is 0 Å². The van der Waals surface area contributed by atoms with Crippen LogP contribution in [-0.4, -0.2) is 203 Å². The minimum absolute atomic E-state index is 0.0629. The molecule has 4 saturated carbocycles. The van der Waals surface area contributed by atoms with Crippen molar-refractivity contribution in [2.75, 3.05) is 19.8 Å². The van der Waals surface area contributed by atoms with E-state index < -0.39 is 175 Å². The Balaban J connectivity index is 1.12. The van der Waals surface area contributed by atoms with E-state index in [2.05, 4.69) is 33.8 Å². The van der Waals surface area contributed by atoms with Gasteiger partial charge in [-0.2, -0.15) is 0 Å². The smallest absolute Gasteiger partial charge is 0.335 e. The van der Waals surface area contributed by atoms with Gasteiger partial charge in [0, 0.05) is 11.0 Å². The summed E-state index contributed by atoms with van der Waals surface area (Å²) in [5, 5.41) is 133. The third-order valence-corrected chi connectivity index (χ3v) is 20.1. The predicted octanol–water partition coefficient (Wildman–Crippen LogP) is -0.225. The number of hydrogen-bond acceptors (Lipinski definition) is 20. The Labute approximate surface area is 426 Å². The van der Waals surface area contributed by atoms with Crippen LogP contribution in [0.25, 0.3) is 0 Å². The maximum absolute atomic E-state index is 13.4. The average molecular weight is 1040 g/mol. The molecule has 7 fully saturated rings. The van der Waals surface area contributed by atoms with Gasteiger partial charge in [-0.3, -0.25) is 0 Å². The van der Waals surface area contributed by atoms with Gasteiger partial charge in [0.05, 0.1) is 43.5 Å². The van der Waals surface area contributed by atoms with Crippen molar-refractivity contribution in [3.63, 3.8) is 0 Å². The van der Waals surface area contributed by atoms with Crippen LogP contribution in [0.4, 0.5) is 0 Å². The van der Waals surface area contributed by atoms with Gasteiger partial charge in [0.25, 0.3) is 0 Å². The molecule has 0 aromatic heterocycles. The van der Waals surface area contributed by atoms with Gasteiger partial charge in [-0.05, 0) is 98.2 Å². The summed E-state index contributed by atoms with van der Waals surface area (Å²) in [7, 11) is 0. The number of esters is 1. The van der Waals surface area contributed by atoms with Crippen molar-refractivity contribution in [2.45, 2.75) is 218 Å². The second kappa shape index (κ2) is 20.2. The second-order valence-electron chi connectivity index (χ2n) is 24.7. The number of aliphatic carboxylic acids is 1. The summed E-state index contributed by atoms with van der Waals surface area (Å²) in [5.41, 5.74) is -3.15. The molecule has 12 N–H and O–H groups in total. The molecular formula is C52H82O21. The molecule has 8 rings (SSSR count). The van der Waals surface area contributed by atoms with Gasteiger partial charge in [-0.15, -0.1) is 0 Å². The fourth-order valence-electron chi connectivity index (χ4n) is 15.7. The summed E-state index contributed by atoms with van der Waals surface area (Å²) >= 11 is 0. The molecule has 0 aromatic rings. The number of fused-ring (bicyclic) bond motifs is 7. The highest BCUT2D eigenvalue weighted by molar-refractivity contribution is 5.87. The first-order chi connectivity index (χ1) is 34.0. The van der Waals surface area contributed by atoms with E-state index in [4.69, 9.17) is 33.2 Å². The molecule has 3 saturated heterocycles. The predicted molar refractivity (Wildman–Crippen MR) is 252 cm³/mol. The lowest BCUT2D eigenvalue weighted by molar-refractivity contribution is -0.392. The molecule has 0 bridgehead atoms. The summed E-state index contributed by atoms with van der Waals surface area (Å²) in [6.07, 6.45) is -22.3. The van der Waals surface area contributed by atoms with E-state index in [1.807, 2.05) is 20.8 Å². The van der Waals surface area contributed by atoms with E-state index in [0.717, 1.165) is 5.57 Å². The van der Waals surface area contributed by atoms with Crippen molar-refractivity contribution in [1.82, 2.24) is 0 Å². The van der Waals surface area contributed by atoms with E-state index in [0.29, 0.717) is 50.5 Å². The third-order valence-electron chi connectivity index (χ3n) is 20.1. The number of ether oxygens (including phenoxy) is 7. The quantitative estimate of drug-likeness (QED) is 0.0551. The van der Waals surface area contributed by atoms with Crippen LogP contribution in [0.3, 0.4) is 0 Å². The molecule has 25 atom stereocenters. The highest BCUT2D eigenvalue weighted by Crippen LogP contribution is 2.76. The Hall–Kier alpha value is -2.26. The molecule has 3 heterocycles. The maximum Gasteiger partial charge on any atom is 0.335 e. The molecule has 0 radical (unpaired) electrons. The SMILES string of the molecule is C/C=C(/C)C(=O)O[C@H]1CC(C)(C)C[C@H]2C3=CC[C@@H]4[C@@]5(C)CC[C@H](O[C@@H]6O[C@H](C(=O)O)[C@@H](O)[C@H](O[C@@H]7OC[C@@H](O)[C@H](O)[C@H]7O)[C@H]6O[C@@H]6O[C@H](CO)[C@@H](O)[C@H](O)[C@H]6O)C(C)(C)[C@@H]5CC[C@@]4(C)[C@]3(C)[C@@H](O)[C@@H](O)[C@@]12CO. The fraction of sp³-hybridized carbons (Fsp3) is 0.885. The number of carboxylic acids is 1. The topological polar surface area (TPSA) is 342 Å². The second-order valence-corrected chi connectivity index (χ2v) is 24.7. The summed E-state index contributed by atoms with van der Waals surface area (Å²) in [6, 6.07) is 0. The zero-order chi connectivity index (χ0) is 53.9. The Morgan fingerprint density at radius 1 is 0.726 bits per heavy atom. The van der Waals surface area contributed by atoms with Gasteiger partial charge in [0.1, 0.15) is 67.1 Å². The first-order valence-electron chi connectivity index (χ1n) is 26.0. The molecule has 0 amide bonds. The molecule has 3 aliphatic heterocycles. The molecule has 21 nitrogen and oxygen atoms in total. The Bertz CT molecular complexity index is 2100. The van der Waals surface area contributed by atoms with E-state index >= 15 is 0 Å². The lowest BCUT2D eigenvalue weighted by Gasteiger charge is -2.73. The fourth-order valence-corrected chi connectivity index (χ4v) is 15.7. The van der Waals surface area contributed by atoms with Crippen molar-refractivity contribution >= 4 is 11.9 Å². The molecule has 8 aliphatic rings. The number of allylic oxidation sites excluding steroid dienone is 2. The molecule has 0 spiro atoms. The maximum atomic E-state index is 13.4. The summed E-state index contributed by atoms with van der Waals surface area (Å²) < 4.78 is 42.5. The van der Waals surface area contributed by atoms with Crippen LogP contribution in [0, 0.1) is 50.2 Å². The zero-order valence-corrected chi connectivity index (χ0v) is 43.4. The zero-order valence-electron chi connectivity index (χ0n) is 43.4. The van der Waals surface area contributed by atoms with Crippen LogP contribution >= 0.6 is 0 Å². The standard InChI is InChI=1S/C52H82O21/c1-10-22(2)43(66)69-30-18-47(3,4)17-24-23-11-12-28-49(7)15-14-29(48(5,6)27(49)13-16-50(28,8)51(23,9)40(62)41(63)52(24,30)21-54)70-46-39(73-45-35(60)33(58)32(57)26(19-53)68-45)37(36(61)38(72-46)42(64)65)71-44-34(59)31(56)25(55)20-67-44/h10-11,24-41,44-46,53-63H,12-21H2,1-9H3,(H,64,65)/b22-10-/t24-,25+,26+,27-,28+,29-,30-,31-,32+,33-,34+,35+,36-,37-,38-,39+,40-,41+,44-,45-,46+,49-,50+,51-,52+/m0/s1. The largest absolute Gasteiger partial charge is 0.479 e. The average Bonchev–Trinajstić information content (AvgIpc) is 3.33. The number of aliphatic hydroxyl groups is 11. The van der Waals surface area contributed by atoms with Crippen LogP contribution in [0.2, 0.25) is 0 Å². The van der Waals surface area contributed by atoms with Gasteiger partial charge < -0.3 is 94.4 Å². The minimum atomic E-state index is -2.10. The third kappa shape index (κ3) is 8.89. The van der Waals surface area contributed by atoms with Gasteiger partial charge in [-0.1, -0.05) is 66.2 Å². The van der Waals surface area contributed by atoms with Gasteiger partial charge >= 0.3 is 11.9 Å². The normalized spacial score (nSPS) is 51.6. The molecule has 21 heteroatoms. The van der Waals surface area contributed by atoms with Crippen molar-refractivity contribution in [3.8, 4) is 0 Å². The molecule has 416 valence electrons. The van der Waals surface area contributed by atoms with Crippen molar-refractivity contribution in [1.29, 1.82) is 0 Å². The van der Waals surface area contributed by atoms with Gasteiger partial charge in [-0.25, -0.2) is 9.59 Å². The molecule has 0 aromatic carbocycles. The minimum Gasteiger partial charge on any atom is -0.479 e. The summed E-state index contributed by atoms with van der Waals surface area (Å²) in [6.45, 7) is 16.3. The molecular weight excluding hydrogens is 961 g/mol. The number of aliphatic hydroxyl groups excluding tert-OH is 11. The number of hydrogen-bond donors (Lipinski definition) is 12. The lowest BCUT2D eigenvalue weighted by Crippen LogP contribution is -2.74. The Morgan fingerprint density at radius 3 is 2.01 bits per heavy atom. The molecule has 73 heavy (non-hydrogen) atoms. The number of carboxylic acid groups (broad SMARTS) is 1. The molecule has 0 unspecified atom stereocenters. The summed E-state index contributed by atoms with van der Waals surface area (Å²) in [4.78, 5) is 26.2.